The topological polar surface area (TPSA) is 76.3 Å². The summed E-state index contributed by atoms with van der Waals surface area (Å²) in [7, 11) is -2.94. The van der Waals surface area contributed by atoms with Gasteiger partial charge in [0.25, 0.3) is 0 Å². The quantitative estimate of drug-likeness (QED) is 0.797. The molecule has 0 N–H and O–H groups in total. The highest BCUT2D eigenvalue weighted by Gasteiger charge is 2.33. The van der Waals surface area contributed by atoms with Crippen LogP contribution in [0.4, 0.5) is 0 Å². The first-order chi connectivity index (χ1) is 11.4. The standard InChI is InChI=1S/C17H23N3O3S/c1-13(2)17-19-18-16(23-17)11-20(10-14-6-4-3-5-7-14)15-8-9-24(21,22)12-15/h3-7,13,15H,8-12H2,1-2H3/t15-/m1/s1. The fourth-order valence-corrected chi connectivity index (χ4v) is 4.69. The molecule has 2 heterocycles. The molecule has 1 aromatic carbocycles. The molecule has 1 aliphatic rings. The molecule has 2 aromatic rings. The minimum Gasteiger partial charge on any atom is -0.424 e. The number of benzene rings is 1. The molecule has 1 aliphatic heterocycles. The van der Waals surface area contributed by atoms with Gasteiger partial charge in [-0.2, -0.15) is 0 Å². The van der Waals surface area contributed by atoms with Gasteiger partial charge < -0.3 is 4.42 Å². The Hall–Kier alpha value is -1.73. The van der Waals surface area contributed by atoms with Gasteiger partial charge in [0.05, 0.1) is 18.1 Å². The highest BCUT2D eigenvalue weighted by atomic mass is 32.2. The third kappa shape index (κ3) is 4.21. The van der Waals surface area contributed by atoms with Crippen molar-refractivity contribution in [3.8, 4) is 0 Å². The van der Waals surface area contributed by atoms with Crippen LogP contribution in [0.3, 0.4) is 0 Å². The first-order valence-electron chi connectivity index (χ1n) is 8.23. The van der Waals surface area contributed by atoms with Crippen LogP contribution in [-0.4, -0.2) is 41.1 Å². The molecule has 0 bridgehead atoms. The second kappa shape index (κ2) is 7.03. The van der Waals surface area contributed by atoms with Gasteiger partial charge in [-0.15, -0.1) is 10.2 Å². The average Bonchev–Trinajstić information content (AvgIpc) is 3.14. The van der Waals surface area contributed by atoms with Crippen LogP contribution in [0.2, 0.25) is 0 Å². The van der Waals surface area contributed by atoms with E-state index in [0.29, 0.717) is 31.3 Å². The highest BCUT2D eigenvalue weighted by Crippen LogP contribution is 2.22. The second-order valence-electron chi connectivity index (χ2n) is 6.64. The number of aromatic nitrogens is 2. The number of hydrogen-bond donors (Lipinski definition) is 0. The third-order valence-corrected chi connectivity index (χ3v) is 6.02. The molecule has 7 heteroatoms. The predicted molar refractivity (Wildman–Crippen MR) is 91.1 cm³/mol. The smallest absolute Gasteiger partial charge is 0.230 e. The summed E-state index contributed by atoms with van der Waals surface area (Å²) < 4.78 is 29.4. The molecule has 0 spiro atoms. The summed E-state index contributed by atoms with van der Waals surface area (Å²) in [6.07, 6.45) is 0.653. The Morgan fingerprint density at radius 3 is 2.54 bits per heavy atom. The summed E-state index contributed by atoms with van der Waals surface area (Å²) in [6, 6.07) is 10.0. The average molecular weight is 349 g/mol. The lowest BCUT2D eigenvalue weighted by atomic mass is 10.1. The van der Waals surface area contributed by atoms with E-state index in [1.807, 2.05) is 44.2 Å². The second-order valence-corrected chi connectivity index (χ2v) is 8.86. The maximum Gasteiger partial charge on any atom is 0.230 e. The molecule has 1 aromatic heterocycles. The first kappa shape index (κ1) is 17.1. The van der Waals surface area contributed by atoms with Crippen LogP contribution in [0.5, 0.6) is 0 Å². The van der Waals surface area contributed by atoms with Gasteiger partial charge in [0.15, 0.2) is 9.84 Å². The van der Waals surface area contributed by atoms with Gasteiger partial charge in [-0.1, -0.05) is 44.2 Å². The summed E-state index contributed by atoms with van der Waals surface area (Å²) in [5.74, 6) is 1.79. The Balaban J connectivity index is 1.78. The summed E-state index contributed by atoms with van der Waals surface area (Å²) in [5, 5.41) is 8.19. The van der Waals surface area contributed by atoms with E-state index in [2.05, 4.69) is 15.1 Å². The van der Waals surface area contributed by atoms with Crippen LogP contribution < -0.4 is 0 Å². The molecule has 0 amide bonds. The Bertz CT molecular complexity index is 771. The number of hydrogen-bond acceptors (Lipinski definition) is 6. The van der Waals surface area contributed by atoms with Crippen molar-refractivity contribution in [2.45, 2.75) is 45.3 Å². The van der Waals surface area contributed by atoms with Gasteiger partial charge in [0.2, 0.25) is 11.8 Å². The molecule has 3 rings (SSSR count). The zero-order valence-electron chi connectivity index (χ0n) is 14.1. The Morgan fingerprint density at radius 1 is 1.21 bits per heavy atom. The molecule has 130 valence electrons. The minimum absolute atomic E-state index is 0.00962. The van der Waals surface area contributed by atoms with Crippen molar-refractivity contribution in [3.63, 3.8) is 0 Å². The van der Waals surface area contributed by atoms with E-state index in [9.17, 15) is 8.42 Å². The number of sulfone groups is 1. The van der Waals surface area contributed by atoms with Crippen LogP contribution in [0, 0.1) is 0 Å². The lowest BCUT2D eigenvalue weighted by Crippen LogP contribution is -2.35. The Kier molecular flexibility index (Phi) is 5.01. The summed E-state index contributed by atoms with van der Waals surface area (Å²) in [6.45, 7) is 5.14. The Morgan fingerprint density at radius 2 is 1.96 bits per heavy atom. The molecule has 0 unspecified atom stereocenters. The van der Waals surface area contributed by atoms with E-state index in [1.54, 1.807) is 0 Å². The van der Waals surface area contributed by atoms with Crippen molar-refractivity contribution in [3.05, 3.63) is 47.7 Å². The van der Waals surface area contributed by atoms with E-state index in [0.717, 1.165) is 5.56 Å². The van der Waals surface area contributed by atoms with Crippen molar-refractivity contribution in [2.24, 2.45) is 0 Å². The molecule has 1 saturated heterocycles. The van der Waals surface area contributed by atoms with Crippen molar-refractivity contribution < 1.29 is 12.8 Å². The largest absolute Gasteiger partial charge is 0.424 e. The highest BCUT2D eigenvalue weighted by molar-refractivity contribution is 7.91. The van der Waals surface area contributed by atoms with E-state index < -0.39 is 9.84 Å². The maximum atomic E-state index is 11.9. The fraction of sp³-hybridized carbons (Fsp3) is 0.529. The van der Waals surface area contributed by atoms with Gasteiger partial charge in [-0.05, 0) is 12.0 Å². The van der Waals surface area contributed by atoms with Gasteiger partial charge in [-0.25, -0.2) is 8.42 Å². The summed E-state index contributed by atoms with van der Waals surface area (Å²) in [5.41, 5.74) is 1.14. The molecule has 6 nitrogen and oxygen atoms in total. The molecule has 1 fully saturated rings. The monoisotopic (exact) mass is 349 g/mol. The number of rotatable bonds is 6. The van der Waals surface area contributed by atoms with E-state index in [-0.39, 0.29) is 23.5 Å². The van der Waals surface area contributed by atoms with Gasteiger partial charge in [0.1, 0.15) is 0 Å². The lowest BCUT2D eigenvalue weighted by Gasteiger charge is -2.26. The molecule has 1 atom stereocenters. The molecule has 24 heavy (non-hydrogen) atoms. The predicted octanol–water partition coefficient (Wildman–Crippen LogP) is 2.38. The lowest BCUT2D eigenvalue weighted by molar-refractivity contribution is 0.174. The van der Waals surface area contributed by atoms with E-state index in [1.165, 1.54) is 0 Å². The normalized spacial score (nSPS) is 20.1. The van der Waals surface area contributed by atoms with Crippen LogP contribution in [0.15, 0.2) is 34.7 Å². The van der Waals surface area contributed by atoms with Crippen molar-refractivity contribution >= 4 is 9.84 Å². The van der Waals surface area contributed by atoms with Crippen LogP contribution in [-0.2, 0) is 22.9 Å². The van der Waals surface area contributed by atoms with Crippen molar-refractivity contribution in [1.82, 2.24) is 15.1 Å². The zero-order valence-corrected chi connectivity index (χ0v) is 14.9. The van der Waals surface area contributed by atoms with Gasteiger partial charge in [-0.3, -0.25) is 4.90 Å². The summed E-state index contributed by atoms with van der Waals surface area (Å²) in [4.78, 5) is 2.14. The zero-order chi connectivity index (χ0) is 17.2. The fourth-order valence-electron chi connectivity index (χ4n) is 2.93. The maximum absolute atomic E-state index is 11.9. The van der Waals surface area contributed by atoms with Crippen LogP contribution in [0.25, 0.3) is 0 Å². The van der Waals surface area contributed by atoms with E-state index >= 15 is 0 Å². The number of nitrogens with zero attached hydrogens (tertiary/aromatic N) is 3. The van der Waals surface area contributed by atoms with Crippen LogP contribution >= 0.6 is 0 Å². The SMILES string of the molecule is CC(C)c1nnc(CN(Cc2ccccc2)[C@@H]2CCS(=O)(=O)C2)o1. The van der Waals surface area contributed by atoms with Gasteiger partial charge in [0, 0.05) is 18.5 Å². The van der Waals surface area contributed by atoms with Crippen molar-refractivity contribution in [1.29, 1.82) is 0 Å². The minimum atomic E-state index is -2.94. The van der Waals surface area contributed by atoms with E-state index in [4.69, 9.17) is 4.42 Å². The molecular weight excluding hydrogens is 326 g/mol. The summed E-state index contributed by atoms with van der Waals surface area (Å²) >= 11 is 0. The molecule has 0 radical (unpaired) electrons. The first-order valence-corrected chi connectivity index (χ1v) is 10.1. The van der Waals surface area contributed by atoms with Crippen LogP contribution in [0.1, 0.15) is 43.5 Å². The molecule has 0 aliphatic carbocycles. The molecule has 0 saturated carbocycles. The van der Waals surface area contributed by atoms with Gasteiger partial charge >= 0.3 is 0 Å². The molecular formula is C17H23N3O3S. The van der Waals surface area contributed by atoms with Crippen molar-refractivity contribution in [2.75, 3.05) is 11.5 Å². The third-order valence-electron chi connectivity index (χ3n) is 4.27. The Labute approximate surface area is 142 Å².